The van der Waals surface area contributed by atoms with Gasteiger partial charge in [-0.05, 0) is 41.8 Å². The maximum Gasteiger partial charge on any atom is 0.343 e. The van der Waals surface area contributed by atoms with Crippen molar-refractivity contribution >= 4 is 22.6 Å². The number of rotatable bonds is 2. The Kier molecular flexibility index (Phi) is 4.04. The summed E-state index contributed by atoms with van der Waals surface area (Å²) in [6.07, 6.45) is 0.108. The number of hydrogen-bond acceptors (Lipinski definition) is 6. The van der Waals surface area contributed by atoms with E-state index in [1.165, 1.54) is 0 Å². The molecule has 7 nitrogen and oxygen atoms in total. The number of nitrogen functional groups attached to an aromatic ring is 1. The van der Waals surface area contributed by atoms with Gasteiger partial charge in [0, 0.05) is 22.2 Å². The Morgan fingerprint density at radius 3 is 2.64 bits per heavy atom. The number of aromatic nitrogens is 2. The lowest BCUT2D eigenvalue weighted by molar-refractivity contribution is -0.172. The van der Waals surface area contributed by atoms with Gasteiger partial charge in [0.1, 0.15) is 6.61 Å². The molecule has 164 valence electrons. The average molecular weight is 439 g/mol. The van der Waals surface area contributed by atoms with E-state index in [0.717, 1.165) is 27.6 Å². The molecule has 0 spiro atoms. The fraction of sp³-hybridized carbons (Fsp3) is 0.192. The highest BCUT2D eigenvalue weighted by molar-refractivity contribution is 6.00. The average Bonchev–Trinajstić information content (AvgIpc) is 3.19. The zero-order valence-electron chi connectivity index (χ0n) is 18.0. The van der Waals surface area contributed by atoms with Gasteiger partial charge in [0.25, 0.3) is 5.56 Å². The van der Waals surface area contributed by atoms with E-state index in [4.69, 9.17) is 15.5 Å². The van der Waals surface area contributed by atoms with E-state index in [0.29, 0.717) is 34.7 Å². The minimum atomic E-state index is -1.85. The number of nitrogens with two attached hydrogens (primary N) is 1. The molecule has 4 heterocycles. The minimum Gasteiger partial charge on any atom is -0.458 e. The summed E-state index contributed by atoms with van der Waals surface area (Å²) in [7, 11) is 0. The van der Waals surface area contributed by atoms with Gasteiger partial charge in [0.2, 0.25) is 0 Å². The lowest BCUT2D eigenvalue weighted by atomic mass is 9.86. The van der Waals surface area contributed by atoms with Crippen molar-refractivity contribution in [3.63, 3.8) is 0 Å². The van der Waals surface area contributed by atoms with Crippen molar-refractivity contribution in [3.8, 4) is 22.5 Å². The first-order valence-corrected chi connectivity index (χ1v) is 10.9. The number of nitrogens with zero attached hydrogens (tertiary/aromatic N) is 2. The number of aliphatic hydroxyl groups is 1. The van der Waals surface area contributed by atoms with Crippen molar-refractivity contribution < 1.29 is 14.6 Å². The molecule has 0 fully saturated rings. The molecule has 0 aliphatic carbocycles. The number of carbonyl (C=O) groups excluding carboxylic acids is 1. The molecule has 7 heteroatoms. The Bertz CT molecular complexity index is 1540. The molecule has 6 rings (SSSR count). The molecule has 0 saturated heterocycles. The molecule has 0 unspecified atom stereocenters. The molecule has 2 aromatic carbocycles. The summed E-state index contributed by atoms with van der Waals surface area (Å²) in [5.41, 5.74) is 10.1. The number of para-hydroxylation sites is 1. The molecule has 2 aliphatic rings. The van der Waals surface area contributed by atoms with Gasteiger partial charge < -0.3 is 20.1 Å². The van der Waals surface area contributed by atoms with E-state index in [-0.39, 0.29) is 18.6 Å². The number of carbonyl (C=O) groups is 1. The monoisotopic (exact) mass is 439 g/mol. The lowest BCUT2D eigenvalue weighted by Crippen LogP contribution is -2.44. The van der Waals surface area contributed by atoms with Crippen LogP contribution in [0.1, 0.15) is 30.0 Å². The van der Waals surface area contributed by atoms with Crippen LogP contribution >= 0.6 is 0 Å². The Morgan fingerprint density at radius 2 is 1.88 bits per heavy atom. The number of esters is 1. The molecule has 2 aromatic heterocycles. The highest BCUT2D eigenvalue weighted by Gasteiger charge is 2.45. The maximum atomic E-state index is 13.5. The molecule has 0 amide bonds. The minimum absolute atomic E-state index is 0.108. The van der Waals surface area contributed by atoms with Crippen LogP contribution in [0.2, 0.25) is 0 Å². The lowest BCUT2D eigenvalue weighted by Gasteiger charge is -2.31. The second kappa shape index (κ2) is 6.76. The van der Waals surface area contributed by atoms with Gasteiger partial charge in [-0.15, -0.1) is 0 Å². The zero-order valence-corrected chi connectivity index (χ0v) is 18.0. The van der Waals surface area contributed by atoms with Gasteiger partial charge in [-0.3, -0.25) is 4.79 Å². The van der Waals surface area contributed by atoms with Crippen LogP contribution in [0.25, 0.3) is 33.4 Å². The highest BCUT2D eigenvalue weighted by atomic mass is 16.6. The first-order valence-electron chi connectivity index (χ1n) is 10.9. The number of cyclic esters (lactones) is 1. The topological polar surface area (TPSA) is 107 Å². The van der Waals surface area contributed by atoms with Crippen LogP contribution in [-0.4, -0.2) is 20.6 Å². The first kappa shape index (κ1) is 19.7. The number of benzene rings is 2. The van der Waals surface area contributed by atoms with E-state index >= 15 is 0 Å². The number of pyridine rings is 2. The summed E-state index contributed by atoms with van der Waals surface area (Å²) in [5, 5.41) is 12.1. The second-order valence-electron chi connectivity index (χ2n) is 8.56. The highest BCUT2D eigenvalue weighted by Crippen LogP contribution is 2.43. The Balaban J connectivity index is 1.68. The molecule has 3 N–H and O–H groups in total. The van der Waals surface area contributed by atoms with Crippen LogP contribution in [0.4, 0.5) is 5.69 Å². The molecule has 0 saturated carbocycles. The third-order valence-electron chi connectivity index (χ3n) is 6.79. The van der Waals surface area contributed by atoms with Gasteiger partial charge in [0.15, 0.2) is 5.60 Å². The van der Waals surface area contributed by atoms with Crippen LogP contribution < -0.4 is 11.3 Å². The SMILES string of the molecule is CC[C@@]1(O)C(=O)OCc2c1cc1n(c2=O)Cc2c-1nc1ccccc1c2-c1ccc(N)cc1. The van der Waals surface area contributed by atoms with Crippen molar-refractivity contribution in [3.05, 3.63) is 81.6 Å². The number of anilines is 1. The van der Waals surface area contributed by atoms with Crippen LogP contribution in [0.5, 0.6) is 0 Å². The summed E-state index contributed by atoms with van der Waals surface area (Å²) in [4.78, 5) is 30.8. The predicted octanol–water partition coefficient (Wildman–Crippen LogP) is 3.33. The van der Waals surface area contributed by atoms with E-state index < -0.39 is 11.6 Å². The quantitative estimate of drug-likeness (QED) is 0.323. The van der Waals surface area contributed by atoms with E-state index in [9.17, 15) is 14.7 Å². The molecule has 4 aromatic rings. The van der Waals surface area contributed by atoms with Crippen LogP contribution in [0.3, 0.4) is 0 Å². The van der Waals surface area contributed by atoms with Crippen molar-refractivity contribution in [2.24, 2.45) is 0 Å². The van der Waals surface area contributed by atoms with Crippen LogP contribution in [0, 0.1) is 0 Å². The van der Waals surface area contributed by atoms with Crippen molar-refractivity contribution in [1.29, 1.82) is 0 Å². The molecule has 2 aliphatic heterocycles. The smallest absolute Gasteiger partial charge is 0.343 e. The van der Waals surface area contributed by atoms with Gasteiger partial charge in [-0.2, -0.15) is 0 Å². The summed E-state index contributed by atoms with van der Waals surface area (Å²) in [5.74, 6) is -0.728. The molecule has 0 radical (unpaired) electrons. The summed E-state index contributed by atoms with van der Waals surface area (Å²) >= 11 is 0. The number of ether oxygens (including phenoxy) is 1. The van der Waals surface area contributed by atoms with Gasteiger partial charge in [-0.1, -0.05) is 37.3 Å². The number of fused-ring (bicyclic) bond motifs is 5. The van der Waals surface area contributed by atoms with Crippen molar-refractivity contribution in [2.75, 3.05) is 5.73 Å². The third kappa shape index (κ3) is 2.63. The third-order valence-corrected chi connectivity index (χ3v) is 6.79. The first-order chi connectivity index (χ1) is 15.9. The molecule has 0 bridgehead atoms. The Morgan fingerprint density at radius 1 is 1.12 bits per heavy atom. The molecule has 33 heavy (non-hydrogen) atoms. The standard InChI is InChI=1S/C26H21N3O4/c1-2-26(32)19-11-21-23-17(12-29(21)24(30)18(19)13-33-25(26)31)22(14-7-9-15(27)10-8-14)16-5-3-4-6-20(16)28-23/h3-11,32H,2,12-13,27H2,1H3/t26-/m0/s1. The predicted molar refractivity (Wildman–Crippen MR) is 124 cm³/mol. The van der Waals surface area contributed by atoms with Crippen LogP contribution in [-0.2, 0) is 28.3 Å². The maximum absolute atomic E-state index is 13.5. The summed E-state index contributed by atoms with van der Waals surface area (Å²) in [6.45, 7) is 1.89. The largest absolute Gasteiger partial charge is 0.458 e. The molecular weight excluding hydrogens is 418 g/mol. The van der Waals surface area contributed by atoms with Gasteiger partial charge in [0.05, 0.1) is 29.0 Å². The summed E-state index contributed by atoms with van der Waals surface area (Å²) in [6, 6.07) is 17.2. The van der Waals surface area contributed by atoms with E-state index in [1.54, 1.807) is 17.6 Å². The number of hydrogen-bond donors (Lipinski definition) is 2. The normalized spacial score (nSPS) is 18.5. The van der Waals surface area contributed by atoms with Crippen LogP contribution in [0.15, 0.2) is 59.4 Å². The fourth-order valence-corrected chi connectivity index (χ4v) is 5.01. The van der Waals surface area contributed by atoms with Gasteiger partial charge >= 0.3 is 5.97 Å². The zero-order chi connectivity index (χ0) is 22.9. The van der Waals surface area contributed by atoms with Crippen molar-refractivity contribution in [2.45, 2.75) is 32.1 Å². The fourth-order valence-electron chi connectivity index (χ4n) is 5.01. The summed E-state index contributed by atoms with van der Waals surface area (Å²) < 4.78 is 6.82. The second-order valence-corrected chi connectivity index (χ2v) is 8.56. The van der Waals surface area contributed by atoms with E-state index in [1.807, 2.05) is 48.5 Å². The van der Waals surface area contributed by atoms with Gasteiger partial charge in [-0.25, -0.2) is 9.78 Å². The molecular formula is C26H21N3O4. The van der Waals surface area contributed by atoms with E-state index in [2.05, 4.69) is 0 Å². The Hall–Kier alpha value is -3.97. The van der Waals surface area contributed by atoms with Crippen molar-refractivity contribution in [1.82, 2.24) is 9.55 Å². The molecule has 1 atom stereocenters. The Labute approximate surface area is 189 Å².